The Hall–Kier alpha value is -3.52. The number of likely N-dealkylation sites (N-methyl/N-ethyl adjacent to an activating group) is 1. The third-order valence-corrected chi connectivity index (χ3v) is 5.27. The van der Waals surface area contributed by atoms with Crippen LogP contribution >= 0.6 is 0 Å². The molecule has 2 N–H and O–H groups in total. The number of aliphatic hydroxyl groups is 1. The molecule has 0 aromatic heterocycles. The highest BCUT2D eigenvalue weighted by Crippen LogP contribution is 2.41. The van der Waals surface area contributed by atoms with Crippen LogP contribution in [0, 0.1) is 0 Å². The summed E-state index contributed by atoms with van der Waals surface area (Å²) < 4.78 is 10.7. The fourth-order valence-corrected chi connectivity index (χ4v) is 3.66. The summed E-state index contributed by atoms with van der Waals surface area (Å²) >= 11 is 0. The molecule has 0 saturated carbocycles. The highest BCUT2D eigenvalue weighted by Gasteiger charge is 2.46. The third-order valence-electron chi connectivity index (χ3n) is 5.27. The summed E-state index contributed by atoms with van der Waals surface area (Å²) in [5.74, 6) is -1.04. The zero-order valence-corrected chi connectivity index (χ0v) is 18.7. The fourth-order valence-electron chi connectivity index (χ4n) is 3.66. The lowest BCUT2D eigenvalue weighted by Crippen LogP contribution is -2.35. The van der Waals surface area contributed by atoms with Crippen LogP contribution in [0.15, 0.2) is 48.0 Å². The van der Waals surface area contributed by atoms with Crippen molar-refractivity contribution in [1.82, 2.24) is 9.80 Å². The molecule has 0 aliphatic carbocycles. The Kier molecular flexibility index (Phi) is 7.05. The van der Waals surface area contributed by atoms with Gasteiger partial charge in [0.1, 0.15) is 11.5 Å². The highest BCUT2D eigenvalue weighted by molar-refractivity contribution is 6.46. The second-order valence-corrected chi connectivity index (χ2v) is 7.69. The largest absolute Gasteiger partial charge is 0.507 e. The van der Waals surface area contributed by atoms with Gasteiger partial charge in [0.25, 0.3) is 11.7 Å². The summed E-state index contributed by atoms with van der Waals surface area (Å²) in [6, 6.07) is 10.5. The third kappa shape index (κ3) is 4.55. The lowest BCUT2D eigenvalue weighted by molar-refractivity contribution is -0.140. The average molecular weight is 440 g/mol. The van der Waals surface area contributed by atoms with Gasteiger partial charge in [0.05, 0.1) is 25.3 Å². The van der Waals surface area contributed by atoms with Crippen molar-refractivity contribution in [2.45, 2.75) is 13.0 Å². The lowest BCUT2D eigenvalue weighted by Gasteiger charge is -2.27. The van der Waals surface area contributed by atoms with E-state index in [1.807, 2.05) is 19.0 Å². The van der Waals surface area contributed by atoms with E-state index in [2.05, 4.69) is 0 Å². The van der Waals surface area contributed by atoms with Crippen molar-refractivity contribution in [3.63, 3.8) is 0 Å². The molecular formula is C24H28N2O6. The molecule has 0 spiro atoms. The number of phenols is 1. The molecule has 1 fully saturated rings. The predicted octanol–water partition coefficient (Wildman–Crippen LogP) is 2.78. The van der Waals surface area contributed by atoms with Crippen LogP contribution in [0.5, 0.6) is 17.2 Å². The highest BCUT2D eigenvalue weighted by atomic mass is 16.5. The van der Waals surface area contributed by atoms with Crippen LogP contribution < -0.4 is 9.47 Å². The number of benzene rings is 2. The molecule has 0 bridgehead atoms. The number of aliphatic hydroxyl groups excluding tert-OH is 1. The molecule has 170 valence electrons. The number of carbonyl (C=O) groups excluding carboxylic acids is 2. The monoisotopic (exact) mass is 440 g/mol. The minimum atomic E-state index is -0.832. The second-order valence-electron chi connectivity index (χ2n) is 7.69. The first-order valence-electron chi connectivity index (χ1n) is 10.3. The summed E-state index contributed by atoms with van der Waals surface area (Å²) in [5.41, 5.74) is 0.896. The van der Waals surface area contributed by atoms with Gasteiger partial charge in [-0.1, -0.05) is 18.2 Å². The summed E-state index contributed by atoms with van der Waals surface area (Å²) in [6.45, 7) is 2.93. The first-order chi connectivity index (χ1) is 15.3. The minimum absolute atomic E-state index is 0.0184. The molecule has 8 nitrogen and oxygen atoms in total. The van der Waals surface area contributed by atoms with E-state index < -0.39 is 17.7 Å². The van der Waals surface area contributed by atoms with Crippen LogP contribution in [0.1, 0.15) is 24.1 Å². The number of aromatic hydroxyl groups is 1. The molecule has 1 saturated heterocycles. The number of amides is 1. The van der Waals surface area contributed by atoms with Gasteiger partial charge < -0.3 is 29.5 Å². The van der Waals surface area contributed by atoms with E-state index in [-0.39, 0.29) is 29.4 Å². The molecule has 2 aromatic rings. The first-order valence-corrected chi connectivity index (χ1v) is 10.3. The van der Waals surface area contributed by atoms with Gasteiger partial charge in [0, 0.05) is 18.7 Å². The van der Waals surface area contributed by atoms with Crippen molar-refractivity contribution in [3.05, 3.63) is 59.2 Å². The lowest BCUT2D eigenvalue weighted by atomic mass is 9.95. The molecule has 1 aliphatic heterocycles. The molecule has 0 radical (unpaired) electrons. The van der Waals surface area contributed by atoms with E-state index in [9.17, 15) is 19.8 Å². The maximum absolute atomic E-state index is 13.1. The number of nitrogens with zero attached hydrogens (tertiary/aromatic N) is 2. The summed E-state index contributed by atoms with van der Waals surface area (Å²) in [6.07, 6.45) is 0. The molecule has 1 amide bonds. The van der Waals surface area contributed by atoms with Gasteiger partial charge in [-0.25, -0.2) is 0 Å². The van der Waals surface area contributed by atoms with Crippen LogP contribution in [0.2, 0.25) is 0 Å². The van der Waals surface area contributed by atoms with Gasteiger partial charge in [-0.3, -0.25) is 9.59 Å². The molecule has 2 aromatic carbocycles. The normalized spacial score (nSPS) is 17.8. The maximum atomic E-state index is 13.1. The Labute approximate surface area is 187 Å². The van der Waals surface area contributed by atoms with Gasteiger partial charge in [-0.15, -0.1) is 0 Å². The number of ether oxygens (including phenoxy) is 2. The molecule has 1 aliphatic rings. The number of likely N-dealkylation sites (tertiary alicyclic amines) is 1. The molecular weight excluding hydrogens is 412 g/mol. The van der Waals surface area contributed by atoms with Gasteiger partial charge >= 0.3 is 0 Å². The molecule has 8 heteroatoms. The number of carbonyl (C=O) groups is 2. The van der Waals surface area contributed by atoms with Crippen LogP contribution in [-0.4, -0.2) is 72.6 Å². The van der Waals surface area contributed by atoms with Gasteiger partial charge in [0.15, 0.2) is 11.5 Å². The van der Waals surface area contributed by atoms with E-state index >= 15 is 0 Å². The van der Waals surface area contributed by atoms with Gasteiger partial charge in [-0.2, -0.15) is 0 Å². The Morgan fingerprint density at radius 2 is 1.91 bits per heavy atom. The molecule has 32 heavy (non-hydrogen) atoms. The molecule has 3 rings (SSSR count). The molecule has 1 unspecified atom stereocenters. The number of ketones is 1. The van der Waals surface area contributed by atoms with Crippen molar-refractivity contribution < 1.29 is 29.3 Å². The van der Waals surface area contributed by atoms with E-state index in [0.29, 0.717) is 30.0 Å². The van der Waals surface area contributed by atoms with Gasteiger partial charge in [-0.05, 0) is 50.8 Å². The number of hydrogen-bond donors (Lipinski definition) is 2. The molecule has 1 heterocycles. The summed E-state index contributed by atoms with van der Waals surface area (Å²) in [4.78, 5) is 29.4. The predicted molar refractivity (Wildman–Crippen MR) is 120 cm³/mol. The topological polar surface area (TPSA) is 99.5 Å². The van der Waals surface area contributed by atoms with E-state index in [4.69, 9.17) is 9.47 Å². The van der Waals surface area contributed by atoms with Crippen molar-refractivity contribution in [2.24, 2.45) is 0 Å². The number of rotatable bonds is 8. The molecule has 1 atom stereocenters. The average Bonchev–Trinajstić information content (AvgIpc) is 3.03. The van der Waals surface area contributed by atoms with Crippen LogP contribution in [-0.2, 0) is 9.59 Å². The van der Waals surface area contributed by atoms with E-state index in [0.717, 1.165) is 0 Å². The second kappa shape index (κ2) is 9.74. The van der Waals surface area contributed by atoms with Crippen LogP contribution in [0.3, 0.4) is 0 Å². The first kappa shape index (κ1) is 23.1. The zero-order chi connectivity index (χ0) is 23.4. The Morgan fingerprint density at radius 3 is 2.56 bits per heavy atom. The smallest absolute Gasteiger partial charge is 0.295 e. The van der Waals surface area contributed by atoms with E-state index in [1.165, 1.54) is 18.1 Å². The Balaban J connectivity index is 2.18. The standard InChI is InChI=1S/C24H28N2O6/c1-5-32-19-14-15(9-10-18(19)27)21-20(22(28)16-7-6-8-17(13-16)31-4)23(29)24(30)26(21)12-11-25(2)3/h6-10,13-14,21,27-28H,5,11-12H2,1-4H3/b22-20+. The summed E-state index contributed by atoms with van der Waals surface area (Å²) in [5, 5.41) is 21.2. The number of methoxy groups -OCH3 is 1. The van der Waals surface area contributed by atoms with E-state index in [1.54, 1.807) is 43.3 Å². The quantitative estimate of drug-likeness (QED) is 0.370. The van der Waals surface area contributed by atoms with Crippen LogP contribution in [0.4, 0.5) is 0 Å². The Morgan fingerprint density at radius 1 is 1.16 bits per heavy atom. The number of Topliss-reactive ketones (excluding diaryl/α,β-unsaturated/α-hetero) is 1. The zero-order valence-electron chi connectivity index (χ0n) is 18.7. The van der Waals surface area contributed by atoms with Crippen molar-refractivity contribution in [1.29, 1.82) is 0 Å². The maximum Gasteiger partial charge on any atom is 0.295 e. The van der Waals surface area contributed by atoms with Crippen LogP contribution in [0.25, 0.3) is 5.76 Å². The number of hydrogen-bond acceptors (Lipinski definition) is 7. The summed E-state index contributed by atoms with van der Waals surface area (Å²) in [7, 11) is 5.25. The minimum Gasteiger partial charge on any atom is -0.507 e. The van der Waals surface area contributed by atoms with Crippen molar-refractivity contribution in [3.8, 4) is 17.2 Å². The SMILES string of the molecule is CCOc1cc(C2/C(=C(\O)c3cccc(OC)c3)C(=O)C(=O)N2CCN(C)C)ccc1O. The van der Waals surface area contributed by atoms with Gasteiger partial charge in [0.2, 0.25) is 0 Å². The van der Waals surface area contributed by atoms with Crippen molar-refractivity contribution in [2.75, 3.05) is 40.9 Å². The van der Waals surface area contributed by atoms with Crippen molar-refractivity contribution >= 4 is 17.4 Å². The fraction of sp³-hybridized carbons (Fsp3) is 0.333. The number of phenolic OH excluding ortho intramolecular Hbond substituents is 1. The Bertz CT molecular complexity index is 1050.